The minimum Gasteiger partial charge on any atom is -0.492 e. The molecule has 0 radical (unpaired) electrons. The molecule has 6 heteroatoms. The summed E-state index contributed by atoms with van der Waals surface area (Å²) in [5.74, 6) is -0.520. The van der Waals surface area contributed by atoms with E-state index in [1.54, 1.807) is 42.5 Å². The monoisotopic (exact) mass is 344 g/mol. The van der Waals surface area contributed by atoms with Gasteiger partial charge in [0.2, 0.25) is 11.8 Å². The molecule has 0 aliphatic carbocycles. The molecule has 2 rings (SSSR count). The van der Waals surface area contributed by atoms with E-state index in [0.717, 1.165) is 0 Å². The van der Waals surface area contributed by atoms with Crippen LogP contribution >= 0.6 is 0 Å². The van der Waals surface area contributed by atoms with E-state index < -0.39 is 0 Å². The second-order valence-electron chi connectivity index (χ2n) is 5.37. The lowest BCUT2D eigenvalue weighted by molar-refractivity contribution is -0.123. The van der Waals surface area contributed by atoms with Crippen molar-refractivity contribution in [2.45, 2.75) is 20.4 Å². The van der Waals surface area contributed by atoms with Crippen molar-refractivity contribution in [1.29, 1.82) is 0 Å². The lowest BCUT2D eigenvalue weighted by Gasteiger charge is -2.23. The van der Waals surface area contributed by atoms with E-state index in [2.05, 4.69) is 5.32 Å². The molecular formula is C19H21FN2O3. The van der Waals surface area contributed by atoms with E-state index in [1.165, 1.54) is 17.9 Å². The molecule has 0 aliphatic heterocycles. The molecule has 2 amide bonds. The summed E-state index contributed by atoms with van der Waals surface area (Å²) in [6.45, 7) is 3.56. The fourth-order valence-corrected chi connectivity index (χ4v) is 2.36. The molecule has 5 nitrogen and oxygen atoms in total. The number of rotatable bonds is 7. The van der Waals surface area contributed by atoms with E-state index in [9.17, 15) is 14.0 Å². The highest BCUT2D eigenvalue weighted by Crippen LogP contribution is 2.28. The zero-order valence-electron chi connectivity index (χ0n) is 14.3. The molecular weight excluding hydrogens is 323 g/mol. The van der Waals surface area contributed by atoms with E-state index in [1.807, 2.05) is 6.92 Å². The number of benzene rings is 2. The summed E-state index contributed by atoms with van der Waals surface area (Å²) in [6.07, 6.45) is 0. The van der Waals surface area contributed by atoms with Gasteiger partial charge in [-0.25, -0.2) is 4.39 Å². The average molecular weight is 344 g/mol. The summed E-state index contributed by atoms with van der Waals surface area (Å²) in [7, 11) is 0. The summed E-state index contributed by atoms with van der Waals surface area (Å²) < 4.78 is 19.1. The number of nitrogens with one attached hydrogen (secondary N) is 1. The van der Waals surface area contributed by atoms with Crippen molar-refractivity contribution in [2.24, 2.45) is 0 Å². The van der Waals surface area contributed by atoms with E-state index >= 15 is 0 Å². The first kappa shape index (κ1) is 18.4. The summed E-state index contributed by atoms with van der Waals surface area (Å²) in [4.78, 5) is 25.5. The summed E-state index contributed by atoms with van der Waals surface area (Å²) in [5, 5.41) is 2.63. The normalized spacial score (nSPS) is 10.2. The Labute approximate surface area is 146 Å². The van der Waals surface area contributed by atoms with Gasteiger partial charge in [0.05, 0.1) is 12.3 Å². The highest BCUT2D eigenvalue weighted by atomic mass is 19.1. The number of para-hydroxylation sites is 2. The molecule has 0 bridgehead atoms. The molecule has 0 saturated carbocycles. The maximum absolute atomic E-state index is 13.6. The van der Waals surface area contributed by atoms with E-state index in [0.29, 0.717) is 23.6 Å². The quantitative estimate of drug-likeness (QED) is 0.840. The topological polar surface area (TPSA) is 58.6 Å². The van der Waals surface area contributed by atoms with Crippen molar-refractivity contribution < 1.29 is 18.7 Å². The smallest absolute Gasteiger partial charge is 0.240 e. The third-order valence-corrected chi connectivity index (χ3v) is 3.57. The molecule has 0 spiro atoms. The van der Waals surface area contributed by atoms with E-state index in [4.69, 9.17) is 4.74 Å². The Kier molecular flexibility index (Phi) is 6.51. The molecule has 2 aromatic carbocycles. The lowest BCUT2D eigenvalue weighted by atomic mass is 10.2. The van der Waals surface area contributed by atoms with Crippen molar-refractivity contribution in [1.82, 2.24) is 5.32 Å². The third-order valence-electron chi connectivity index (χ3n) is 3.57. The van der Waals surface area contributed by atoms with E-state index in [-0.39, 0.29) is 30.7 Å². The SMILES string of the molecule is CCOc1ccccc1N(CC(=O)NCc1ccccc1F)C(C)=O. The van der Waals surface area contributed by atoms with Gasteiger partial charge >= 0.3 is 0 Å². The molecule has 0 aliphatic rings. The van der Waals surface area contributed by atoms with Crippen molar-refractivity contribution in [3.05, 3.63) is 59.9 Å². The third kappa shape index (κ3) is 5.04. The Hall–Kier alpha value is -2.89. The Morgan fingerprint density at radius 3 is 2.48 bits per heavy atom. The largest absolute Gasteiger partial charge is 0.492 e. The van der Waals surface area contributed by atoms with Crippen LogP contribution in [0.3, 0.4) is 0 Å². The molecule has 0 fully saturated rings. The van der Waals surface area contributed by atoms with Crippen LogP contribution in [0.25, 0.3) is 0 Å². The number of carbonyl (C=O) groups excluding carboxylic acids is 2. The fraction of sp³-hybridized carbons (Fsp3) is 0.263. The maximum Gasteiger partial charge on any atom is 0.240 e. The number of anilines is 1. The standard InChI is InChI=1S/C19H21FN2O3/c1-3-25-18-11-7-6-10-17(18)22(14(2)23)13-19(24)21-12-15-8-4-5-9-16(15)20/h4-11H,3,12-13H2,1-2H3,(H,21,24). The summed E-state index contributed by atoms with van der Waals surface area (Å²) in [6, 6.07) is 13.2. The van der Waals surface area contributed by atoms with Crippen molar-refractivity contribution in [3.8, 4) is 5.75 Å². The van der Waals surface area contributed by atoms with Gasteiger partial charge < -0.3 is 10.1 Å². The zero-order valence-corrected chi connectivity index (χ0v) is 14.3. The van der Waals surface area contributed by atoms with Crippen LogP contribution in [0.1, 0.15) is 19.4 Å². The number of halogens is 1. The Morgan fingerprint density at radius 1 is 1.12 bits per heavy atom. The van der Waals surface area contributed by atoms with Gasteiger partial charge in [0.1, 0.15) is 18.1 Å². The van der Waals surface area contributed by atoms with Crippen LogP contribution in [0, 0.1) is 5.82 Å². The van der Waals surface area contributed by atoms with Gasteiger partial charge in [-0.15, -0.1) is 0 Å². The van der Waals surface area contributed by atoms with Crippen LogP contribution in [0.4, 0.5) is 10.1 Å². The van der Waals surface area contributed by atoms with Crippen molar-refractivity contribution in [3.63, 3.8) is 0 Å². The Bertz CT molecular complexity index is 749. The average Bonchev–Trinajstić information content (AvgIpc) is 2.60. The van der Waals surface area contributed by atoms with Crippen LogP contribution < -0.4 is 15.0 Å². The Balaban J connectivity index is 2.08. The molecule has 1 N–H and O–H groups in total. The number of amides is 2. The first-order valence-corrected chi connectivity index (χ1v) is 8.03. The minimum atomic E-state index is -0.384. The van der Waals surface area contributed by atoms with Gasteiger partial charge in [0, 0.05) is 19.0 Å². The van der Waals surface area contributed by atoms with Crippen molar-refractivity contribution >= 4 is 17.5 Å². The van der Waals surface area contributed by atoms with Gasteiger partial charge in [-0.3, -0.25) is 14.5 Å². The molecule has 0 unspecified atom stereocenters. The van der Waals surface area contributed by atoms with Gasteiger partial charge in [0.25, 0.3) is 0 Å². The molecule has 132 valence electrons. The van der Waals surface area contributed by atoms with Gasteiger partial charge in [-0.2, -0.15) is 0 Å². The van der Waals surface area contributed by atoms with Crippen LogP contribution in [0.5, 0.6) is 5.75 Å². The summed E-state index contributed by atoms with van der Waals surface area (Å²) >= 11 is 0. The van der Waals surface area contributed by atoms with Crippen LogP contribution in [-0.4, -0.2) is 25.0 Å². The number of carbonyl (C=O) groups is 2. The summed E-state index contributed by atoms with van der Waals surface area (Å²) in [5.41, 5.74) is 0.915. The van der Waals surface area contributed by atoms with Crippen molar-refractivity contribution in [2.75, 3.05) is 18.1 Å². The second-order valence-corrected chi connectivity index (χ2v) is 5.37. The van der Waals surface area contributed by atoms with Crippen LogP contribution in [-0.2, 0) is 16.1 Å². The van der Waals surface area contributed by atoms with Gasteiger partial charge in [-0.05, 0) is 25.1 Å². The van der Waals surface area contributed by atoms with Gasteiger partial charge in [0.15, 0.2) is 0 Å². The van der Waals surface area contributed by atoms with Crippen LogP contribution in [0.2, 0.25) is 0 Å². The fourth-order valence-electron chi connectivity index (χ4n) is 2.36. The number of hydrogen-bond acceptors (Lipinski definition) is 3. The minimum absolute atomic E-state index is 0.0599. The highest BCUT2D eigenvalue weighted by Gasteiger charge is 2.19. The second kappa shape index (κ2) is 8.82. The predicted molar refractivity (Wildman–Crippen MR) is 93.9 cm³/mol. The molecule has 0 atom stereocenters. The number of hydrogen-bond donors (Lipinski definition) is 1. The molecule has 0 saturated heterocycles. The molecule has 0 aromatic heterocycles. The highest BCUT2D eigenvalue weighted by molar-refractivity contribution is 5.98. The predicted octanol–water partition coefficient (Wildman–Crippen LogP) is 2.89. The van der Waals surface area contributed by atoms with Crippen LogP contribution in [0.15, 0.2) is 48.5 Å². The Morgan fingerprint density at radius 2 is 1.80 bits per heavy atom. The first-order valence-electron chi connectivity index (χ1n) is 8.03. The number of ether oxygens (including phenoxy) is 1. The number of nitrogens with zero attached hydrogens (tertiary/aromatic N) is 1. The zero-order chi connectivity index (χ0) is 18.2. The molecule has 2 aromatic rings. The lowest BCUT2D eigenvalue weighted by Crippen LogP contribution is -2.39. The first-order chi connectivity index (χ1) is 12.0. The van der Waals surface area contributed by atoms with Gasteiger partial charge in [-0.1, -0.05) is 30.3 Å². The molecule has 25 heavy (non-hydrogen) atoms. The molecule has 0 heterocycles. The maximum atomic E-state index is 13.6.